The van der Waals surface area contributed by atoms with Crippen molar-refractivity contribution in [3.63, 3.8) is 0 Å². The van der Waals surface area contributed by atoms with Gasteiger partial charge < -0.3 is 9.64 Å². The van der Waals surface area contributed by atoms with Crippen LogP contribution >= 0.6 is 23.1 Å². The molecule has 1 saturated heterocycles. The molecule has 0 saturated carbocycles. The molecule has 3 heterocycles. The molecule has 2 aromatic heterocycles. The van der Waals surface area contributed by atoms with Gasteiger partial charge in [-0.25, -0.2) is 4.98 Å². The molecule has 1 aliphatic rings. The first-order valence-electron chi connectivity index (χ1n) is 14.5. The Bertz CT molecular complexity index is 1720. The summed E-state index contributed by atoms with van der Waals surface area (Å²) >= 11 is 3.07. The third kappa shape index (κ3) is 7.10. The lowest BCUT2D eigenvalue weighted by atomic mass is 10.2. The minimum Gasteiger partial charge on any atom is -0.497 e. The van der Waals surface area contributed by atoms with Crippen molar-refractivity contribution in [2.24, 2.45) is 0 Å². The van der Waals surface area contributed by atoms with E-state index in [1.807, 2.05) is 52.7 Å². The lowest BCUT2D eigenvalue weighted by Gasteiger charge is -2.33. The van der Waals surface area contributed by atoms with E-state index in [-0.39, 0.29) is 5.91 Å². The number of aromatic nitrogens is 4. The lowest BCUT2D eigenvalue weighted by molar-refractivity contribution is 0.0645. The molecule has 8 nitrogen and oxygen atoms in total. The third-order valence-corrected chi connectivity index (χ3v) is 9.45. The molecule has 10 heteroatoms. The van der Waals surface area contributed by atoms with Crippen LogP contribution in [-0.2, 0) is 5.75 Å². The number of thiazole rings is 1. The Labute approximate surface area is 266 Å². The molecule has 1 aliphatic heterocycles. The van der Waals surface area contributed by atoms with E-state index in [2.05, 4.69) is 75.1 Å². The second kappa shape index (κ2) is 14.0. The van der Waals surface area contributed by atoms with Gasteiger partial charge in [-0.05, 0) is 36.8 Å². The van der Waals surface area contributed by atoms with Crippen LogP contribution in [0.15, 0.2) is 95.5 Å². The number of methoxy groups -OCH3 is 1. The van der Waals surface area contributed by atoms with Gasteiger partial charge in [-0.15, -0.1) is 21.5 Å². The Morgan fingerprint density at radius 3 is 2.55 bits per heavy atom. The van der Waals surface area contributed by atoms with Crippen molar-refractivity contribution in [3.8, 4) is 22.8 Å². The van der Waals surface area contributed by atoms with Crippen molar-refractivity contribution >= 4 is 35.1 Å². The van der Waals surface area contributed by atoms with E-state index in [0.717, 1.165) is 52.6 Å². The largest absolute Gasteiger partial charge is 0.497 e. The van der Waals surface area contributed by atoms with Gasteiger partial charge in [-0.2, -0.15) is 0 Å². The Kier molecular flexibility index (Phi) is 9.50. The number of thioether (sulfide) groups is 1. The fraction of sp³-hybridized carbons (Fsp3) is 0.235. The van der Waals surface area contributed by atoms with Crippen LogP contribution in [0.25, 0.3) is 23.2 Å². The van der Waals surface area contributed by atoms with Crippen molar-refractivity contribution in [3.05, 3.63) is 112 Å². The smallest absolute Gasteiger partial charge is 0.273 e. The topological polar surface area (TPSA) is 76.4 Å². The average molecular weight is 623 g/mol. The number of aryl methyl sites for hydroxylation is 1. The molecule has 224 valence electrons. The molecule has 0 radical (unpaired) electrons. The average Bonchev–Trinajstić information content (AvgIpc) is 3.72. The molecule has 5 aromatic rings. The number of carbonyl (C=O) groups excluding carboxylic acids is 1. The molecule has 44 heavy (non-hydrogen) atoms. The van der Waals surface area contributed by atoms with Gasteiger partial charge in [0.1, 0.15) is 16.5 Å². The number of benzene rings is 3. The number of nitrogens with zero attached hydrogens (tertiary/aromatic N) is 6. The fourth-order valence-corrected chi connectivity index (χ4v) is 6.78. The normalized spacial score (nSPS) is 13.9. The minimum atomic E-state index is 0.000103. The van der Waals surface area contributed by atoms with Crippen LogP contribution in [0.5, 0.6) is 5.75 Å². The number of ether oxygens (including phenoxy) is 1. The monoisotopic (exact) mass is 622 g/mol. The Hall–Kier alpha value is -4.25. The lowest BCUT2D eigenvalue weighted by Crippen LogP contribution is -2.48. The predicted octanol–water partition coefficient (Wildman–Crippen LogP) is 6.47. The number of amides is 1. The van der Waals surface area contributed by atoms with E-state index in [4.69, 9.17) is 9.72 Å². The SMILES string of the molecule is COc1cccc(-c2nnc(SCc3nc(C(=O)N4CCN(C/C=C/c5ccccc5)CC4)cs3)n2-c2ccc(C)cc2)c1. The van der Waals surface area contributed by atoms with Gasteiger partial charge in [-0.1, -0.05) is 84.1 Å². The van der Waals surface area contributed by atoms with E-state index in [1.165, 1.54) is 22.5 Å². The molecular formula is C34H34N6O2S2. The van der Waals surface area contributed by atoms with E-state index >= 15 is 0 Å². The zero-order valence-electron chi connectivity index (χ0n) is 24.8. The predicted molar refractivity (Wildman–Crippen MR) is 178 cm³/mol. The molecule has 0 unspecified atom stereocenters. The maximum Gasteiger partial charge on any atom is 0.273 e. The van der Waals surface area contributed by atoms with Crippen LogP contribution in [0.1, 0.15) is 26.6 Å². The van der Waals surface area contributed by atoms with Crippen molar-refractivity contribution in [1.82, 2.24) is 29.5 Å². The van der Waals surface area contributed by atoms with Gasteiger partial charge in [0.25, 0.3) is 5.91 Å². The fourth-order valence-electron chi connectivity index (χ4n) is 5.04. The maximum atomic E-state index is 13.3. The van der Waals surface area contributed by atoms with Gasteiger partial charge in [0.15, 0.2) is 11.0 Å². The molecule has 0 N–H and O–H groups in total. The van der Waals surface area contributed by atoms with Crippen LogP contribution < -0.4 is 4.74 Å². The highest BCUT2D eigenvalue weighted by atomic mass is 32.2. The molecule has 1 amide bonds. The number of carbonyl (C=O) groups is 1. The molecule has 0 spiro atoms. The Morgan fingerprint density at radius 2 is 1.77 bits per heavy atom. The third-order valence-electron chi connectivity index (χ3n) is 7.48. The Morgan fingerprint density at radius 1 is 0.977 bits per heavy atom. The van der Waals surface area contributed by atoms with Crippen molar-refractivity contribution in [2.75, 3.05) is 39.8 Å². The molecule has 6 rings (SSSR count). The zero-order chi connectivity index (χ0) is 30.3. The van der Waals surface area contributed by atoms with Crippen LogP contribution in [-0.4, -0.2) is 75.3 Å². The molecule has 3 aromatic carbocycles. The standard InChI is InChI=1S/C34H34N6O2S2/c1-25-13-15-28(16-14-25)40-32(27-11-6-12-29(22-27)42-2)36-37-34(40)44-24-31-35-30(23-43-31)33(41)39-20-18-38(19-21-39)17-7-10-26-8-4-3-5-9-26/h3-16,22-23H,17-21,24H2,1-2H3/b10-7+. The van der Waals surface area contributed by atoms with E-state index in [9.17, 15) is 4.79 Å². The summed E-state index contributed by atoms with van der Waals surface area (Å²) in [5.41, 5.74) is 4.79. The highest BCUT2D eigenvalue weighted by Gasteiger charge is 2.24. The summed E-state index contributed by atoms with van der Waals surface area (Å²) in [4.78, 5) is 22.3. The van der Waals surface area contributed by atoms with Gasteiger partial charge >= 0.3 is 0 Å². The van der Waals surface area contributed by atoms with Crippen LogP contribution in [0.4, 0.5) is 0 Å². The number of hydrogen-bond acceptors (Lipinski definition) is 8. The number of hydrogen-bond donors (Lipinski definition) is 0. The molecular weight excluding hydrogens is 589 g/mol. The molecule has 1 fully saturated rings. The van der Waals surface area contributed by atoms with Crippen molar-refractivity contribution in [2.45, 2.75) is 17.8 Å². The minimum absolute atomic E-state index is 0.000103. The van der Waals surface area contributed by atoms with Gasteiger partial charge in [0.2, 0.25) is 0 Å². The van der Waals surface area contributed by atoms with Crippen LogP contribution in [0, 0.1) is 6.92 Å². The first-order valence-corrected chi connectivity index (χ1v) is 16.4. The highest BCUT2D eigenvalue weighted by molar-refractivity contribution is 7.98. The summed E-state index contributed by atoms with van der Waals surface area (Å²) in [6.45, 7) is 6.05. The second-order valence-corrected chi connectivity index (χ2v) is 12.4. The summed E-state index contributed by atoms with van der Waals surface area (Å²) in [6, 6.07) is 26.5. The first-order chi connectivity index (χ1) is 21.6. The molecule has 0 aliphatic carbocycles. The number of rotatable bonds is 10. The zero-order valence-corrected chi connectivity index (χ0v) is 26.4. The maximum absolute atomic E-state index is 13.3. The Balaban J connectivity index is 1.09. The second-order valence-electron chi connectivity index (χ2n) is 10.5. The van der Waals surface area contributed by atoms with Gasteiger partial charge in [0, 0.05) is 49.4 Å². The number of piperazine rings is 1. The van der Waals surface area contributed by atoms with E-state index < -0.39 is 0 Å². The van der Waals surface area contributed by atoms with Crippen LogP contribution in [0.3, 0.4) is 0 Å². The van der Waals surface area contributed by atoms with Gasteiger partial charge in [-0.3, -0.25) is 14.3 Å². The summed E-state index contributed by atoms with van der Waals surface area (Å²) in [6.07, 6.45) is 4.34. The highest BCUT2D eigenvalue weighted by Crippen LogP contribution is 2.32. The van der Waals surface area contributed by atoms with Crippen LogP contribution in [0.2, 0.25) is 0 Å². The summed E-state index contributed by atoms with van der Waals surface area (Å²) in [5, 5.41) is 12.6. The summed E-state index contributed by atoms with van der Waals surface area (Å²) < 4.78 is 7.51. The summed E-state index contributed by atoms with van der Waals surface area (Å²) in [7, 11) is 1.66. The molecule has 0 atom stereocenters. The first kappa shape index (κ1) is 29.8. The van der Waals surface area contributed by atoms with Gasteiger partial charge in [0.05, 0.1) is 12.9 Å². The van der Waals surface area contributed by atoms with E-state index in [1.54, 1.807) is 18.9 Å². The van der Waals surface area contributed by atoms with E-state index in [0.29, 0.717) is 24.5 Å². The summed E-state index contributed by atoms with van der Waals surface area (Å²) in [5.74, 6) is 2.08. The van der Waals surface area contributed by atoms with Crippen molar-refractivity contribution < 1.29 is 9.53 Å². The van der Waals surface area contributed by atoms with Crippen molar-refractivity contribution in [1.29, 1.82) is 0 Å². The molecule has 0 bridgehead atoms. The quantitative estimate of drug-likeness (QED) is 0.165.